The van der Waals surface area contributed by atoms with Crippen molar-refractivity contribution in [3.05, 3.63) is 82.1 Å². The van der Waals surface area contributed by atoms with Crippen LogP contribution in [-0.2, 0) is 12.6 Å². The molecular formula is C19H11ClF3NO. The zero-order valence-electron chi connectivity index (χ0n) is 12.8. The topological polar surface area (TPSA) is 36.9 Å². The molecule has 0 unspecified atom stereocenters. The molecule has 2 aromatic carbocycles. The molecule has 1 heterocycles. The predicted octanol–water partition coefficient (Wildman–Crippen LogP) is 6.08. The SMILES string of the molecule is N#Cc1ccc(Cc2cc(-c3ccc(Cl)cc3)oc2C(F)(F)F)cc1. The van der Waals surface area contributed by atoms with Crippen LogP contribution in [0.1, 0.15) is 22.5 Å². The van der Waals surface area contributed by atoms with Gasteiger partial charge in [0.15, 0.2) is 0 Å². The highest BCUT2D eigenvalue weighted by Crippen LogP contribution is 2.38. The standard InChI is InChI=1S/C19H11ClF3NO/c20-16-7-5-14(6-8-16)17-10-15(18(25-17)19(21,22)23)9-12-1-3-13(11-24)4-2-12/h1-8,10H,9H2. The average Bonchev–Trinajstić information content (AvgIpc) is 3.00. The minimum Gasteiger partial charge on any atom is -0.451 e. The largest absolute Gasteiger partial charge is 0.451 e. The number of furan rings is 1. The number of hydrogen-bond donors (Lipinski definition) is 0. The Hall–Kier alpha value is -2.71. The van der Waals surface area contributed by atoms with E-state index in [9.17, 15) is 13.2 Å². The second-order valence-electron chi connectivity index (χ2n) is 5.46. The lowest BCUT2D eigenvalue weighted by Crippen LogP contribution is -2.06. The normalized spacial score (nSPS) is 11.3. The minimum absolute atomic E-state index is 0.0437. The van der Waals surface area contributed by atoms with E-state index in [2.05, 4.69) is 0 Å². The summed E-state index contributed by atoms with van der Waals surface area (Å²) in [5.41, 5.74) is 1.67. The number of benzene rings is 2. The van der Waals surface area contributed by atoms with Crippen molar-refractivity contribution in [2.24, 2.45) is 0 Å². The van der Waals surface area contributed by atoms with Gasteiger partial charge in [-0.05, 0) is 48.0 Å². The van der Waals surface area contributed by atoms with E-state index in [1.54, 1.807) is 48.5 Å². The molecule has 0 aliphatic rings. The summed E-state index contributed by atoms with van der Waals surface area (Å²) in [6.07, 6.45) is -4.54. The minimum atomic E-state index is -4.59. The van der Waals surface area contributed by atoms with Crippen molar-refractivity contribution >= 4 is 11.6 Å². The Bertz CT molecular complexity index is 919. The van der Waals surface area contributed by atoms with Gasteiger partial charge in [-0.25, -0.2) is 0 Å². The first kappa shape index (κ1) is 17.1. The van der Waals surface area contributed by atoms with Gasteiger partial charge in [-0.2, -0.15) is 18.4 Å². The van der Waals surface area contributed by atoms with Crippen LogP contribution >= 0.6 is 11.6 Å². The summed E-state index contributed by atoms with van der Waals surface area (Å²) in [6.45, 7) is 0. The second-order valence-corrected chi connectivity index (χ2v) is 5.89. The van der Waals surface area contributed by atoms with Crippen LogP contribution in [0.2, 0.25) is 5.02 Å². The fourth-order valence-electron chi connectivity index (χ4n) is 2.47. The molecular weight excluding hydrogens is 351 g/mol. The van der Waals surface area contributed by atoms with E-state index in [1.165, 1.54) is 6.07 Å². The summed E-state index contributed by atoms with van der Waals surface area (Å²) >= 11 is 5.81. The first-order valence-electron chi connectivity index (χ1n) is 7.31. The van der Waals surface area contributed by atoms with Crippen molar-refractivity contribution in [2.75, 3.05) is 0 Å². The van der Waals surface area contributed by atoms with Crippen LogP contribution in [0.15, 0.2) is 59.0 Å². The van der Waals surface area contributed by atoms with Crippen molar-refractivity contribution in [3.8, 4) is 17.4 Å². The van der Waals surface area contributed by atoms with Crippen LogP contribution in [0.4, 0.5) is 13.2 Å². The zero-order valence-corrected chi connectivity index (χ0v) is 13.5. The Kier molecular flexibility index (Phi) is 4.56. The summed E-state index contributed by atoms with van der Waals surface area (Å²) in [7, 11) is 0. The predicted molar refractivity (Wildman–Crippen MR) is 88.1 cm³/mol. The van der Waals surface area contributed by atoms with E-state index >= 15 is 0 Å². The monoisotopic (exact) mass is 361 g/mol. The average molecular weight is 362 g/mol. The Morgan fingerprint density at radius 2 is 1.64 bits per heavy atom. The Labute approximate surface area is 147 Å². The number of alkyl halides is 3. The zero-order chi connectivity index (χ0) is 18.0. The van der Waals surface area contributed by atoms with E-state index in [1.807, 2.05) is 6.07 Å². The maximum absolute atomic E-state index is 13.3. The molecule has 0 bridgehead atoms. The lowest BCUT2D eigenvalue weighted by molar-refractivity contribution is -0.153. The van der Waals surface area contributed by atoms with Crippen molar-refractivity contribution in [2.45, 2.75) is 12.6 Å². The molecule has 0 aliphatic heterocycles. The van der Waals surface area contributed by atoms with Gasteiger partial charge >= 0.3 is 6.18 Å². The van der Waals surface area contributed by atoms with Gasteiger partial charge in [0.2, 0.25) is 5.76 Å². The van der Waals surface area contributed by atoms with Crippen LogP contribution in [0.3, 0.4) is 0 Å². The van der Waals surface area contributed by atoms with Crippen LogP contribution in [0.25, 0.3) is 11.3 Å². The molecule has 0 radical (unpaired) electrons. The molecule has 0 atom stereocenters. The van der Waals surface area contributed by atoms with Gasteiger partial charge in [-0.1, -0.05) is 23.7 Å². The summed E-state index contributed by atoms with van der Waals surface area (Å²) < 4.78 is 45.0. The van der Waals surface area contributed by atoms with Crippen molar-refractivity contribution in [3.63, 3.8) is 0 Å². The summed E-state index contributed by atoms with van der Waals surface area (Å²) in [4.78, 5) is 0. The third kappa shape index (κ3) is 3.86. The molecule has 2 nitrogen and oxygen atoms in total. The first-order chi connectivity index (χ1) is 11.9. The Balaban J connectivity index is 1.99. The van der Waals surface area contributed by atoms with E-state index in [0.29, 0.717) is 21.7 Å². The molecule has 3 rings (SSSR count). The van der Waals surface area contributed by atoms with Gasteiger partial charge in [-0.15, -0.1) is 0 Å². The molecule has 3 aromatic rings. The molecule has 0 aliphatic carbocycles. The van der Waals surface area contributed by atoms with Gasteiger partial charge in [-0.3, -0.25) is 0 Å². The maximum Gasteiger partial charge on any atom is 0.449 e. The Morgan fingerprint density at radius 3 is 2.20 bits per heavy atom. The number of hydrogen-bond acceptors (Lipinski definition) is 2. The fraction of sp³-hybridized carbons (Fsp3) is 0.105. The highest BCUT2D eigenvalue weighted by Gasteiger charge is 2.38. The highest BCUT2D eigenvalue weighted by molar-refractivity contribution is 6.30. The molecule has 126 valence electrons. The summed E-state index contributed by atoms with van der Waals surface area (Å²) in [6, 6.07) is 16.2. The summed E-state index contributed by atoms with van der Waals surface area (Å²) in [5.74, 6) is -0.880. The summed E-state index contributed by atoms with van der Waals surface area (Å²) in [5, 5.41) is 9.28. The quantitative estimate of drug-likeness (QED) is 0.566. The van der Waals surface area contributed by atoms with Crippen LogP contribution in [-0.4, -0.2) is 0 Å². The van der Waals surface area contributed by atoms with E-state index in [4.69, 9.17) is 21.3 Å². The Morgan fingerprint density at radius 1 is 1.00 bits per heavy atom. The molecule has 0 spiro atoms. The molecule has 0 fully saturated rings. The second kappa shape index (κ2) is 6.66. The first-order valence-corrected chi connectivity index (χ1v) is 7.69. The number of nitriles is 1. The molecule has 25 heavy (non-hydrogen) atoms. The van der Waals surface area contributed by atoms with Gasteiger partial charge in [0.25, 0.3) is 0 Å². The van der Waals surface area contributed by atoms with Crippen LogP contribution < -0.4 is 0 Å². The molecule has 0 amide bonds. The lowest BCUT2D eigenvalue weighted by Gasteiger charge is -2.06. The van der Waals surface area contributed by atoms with Crippen molar-refractivity contribution in [1.29, 1.82) is 5.26 Å². The number of nitrogens with zero attached hydrogens (tertiary/aromatic N) is 1. The molecule has 0 N–H and O–H groups in total. The van der Waals surface area contributed by atoms with Gasteiger partial charge in [0.1, 0.15) is 5.76 Å². The third-order valence-corrected chi connectivity index (χ3v) is 3.92. The van der Waals surface area contributed by atoms with Crippen LogP contribution in [0, 0.1) is 11.3 Å². The van der Waals surface area contributed by atoms with Crippen molar-refractivity contribution < 1.29 is 17.6 Å². The highest BCUT2D eigenvalue weighted by atomic mass is 35.5. The van der Waals surface area contributed by atoms with Crippen molar-refractivity contribution in [1.82, 2.24) is 0 Å². The smallest absolute Gasteiger partial charge is 0.449 e. The van der Waals surface area contributed by atoms with E-state index in [0.717, 1.165) is 0 Å². The van der Waals surface area contributed by atoms with E-state index in [-0.39, 0.29) is 17.7 Å². The van der Waals surface area contributed by atoms with E-state index < -0.39 is 11.9 Å². The molecule has 6 heteroatoms. The molecule has 0 saturated carbocycles. The third-order valence-electron chi connectivity index (χ3n) is 3.67. The maximum atomic E-state index is 13.3. The molecule has 1 aromatic heterocycles. The van der Waals surface area contributed by atoms with Gasteiger partial charge in [0, 0.05) is 22.6 Å². The lowest BCUT2D eigenvalue weighted by atomic mass is 10.0. The number of halogens is 4. The van der Waals surface area contributed by atoms with Gasteiger partial charge < -0.3 is 4.42 Å². The van der Waals surface area contributed by atoms with Gasteiger partial charge in [0.05, 0.1) is 11.6 Å². The molecule has 0 saturated heterocycles. The van der Waals surface area contributed by atoms with Crippen LogP contribution in [0.5, 0.6) is 0 Å². The fourth-order valence-corrected chi connectivity index (χ4v) is 2.60. The number of rotatable bonds is 3.